The molecule has 1 fully saturated rings. The second-order valence-electron chi connectivity index (χ2n) is 4.88. The van der Waals surface area contributed by atoms with Crippen molar-refractivity contribution in [2.75, 3.05) is 6.61 Å². The van der Waals surface area contributed by atoms with Gasteiger partial charge in [-0.2, -0.15) is 0 Å². The molecule has 1 aliphatic carbocycles. The number of imidazole rings is 1. The molecule has 0 aliphatic heterocycles. The van der Waals surface area contributed by atoms with Crippen LogP contribution in [0.1, 0.15) is 37.9 Å². The van der Waals surface area contributed by atoms with Crippen molar-refractivity contribution in [2.24, 2.45) is 5.73 Å². The maximum absolute atomic E-state index is 6.12. The molecule has 2 N–H and O–H groups in total. The van der Waals surface area contributed by atoms with Gasteiger partial charge in [0.05, 0.1) is 12.7 Å². The highest BCUT2D eigenvalue weighted by Gasteiger charge is 2.20. The van der Waals surface area contributed by atoms with Crippen LogP contribution < -0.4 is 5.73 Å². The first kappa shape index (κ1) is 12.6. The van der Waals surface area contributed by atoms with Crippen molar-refractivity contribution in [3.05, 3.63) is 18.2 Å². The van der Waals surface area contributed by atoms with E-state index in [2.05, 4.69) is 9.55 Å². The van der Waals surface area contributed by atoms with Crippen LogP contribution in [0.25, 0.3) is 0 Å². The Morgan fingerprint density at radius 1 is 1.41 bits per heavy atom. The third-order valence-electron chi connectivity index (χ3n) is 3.59. The van der Waals surface area contributed by atoms with Crippen LogP contribution in [0.2, 0.25) is 0 Å². The van der Waals surface area contributed by atoms with Crippen molar-refractivity contribution in [3.8, 4) is 0 Å². The van der Waals surface area contributed by atoms with E-state index in [9.17, 15) is 0 Å². The maximum atomic E-state index is 6.12. The Bertz CT molecular complexity index is 337. The fraction of sp³-hybridized carbons (Fsp3) is 0.769. The van der Waals surface area contributed by atoms with E-state index in [0.717, 1.165) is 31.8 Å². The summed E-state index contributed by atoms with van der Waals surface area (Å²) in [6, 6.07) is 0.224. The monoisotopic (exact) mass is 237 g/mol. The number of nitrogens with two attached hydrogens (primary N) is 1. The second-order valence-corrected chi connectivity index (χ2v) is 4.88. The number of aromatic nitrogens is 2. The van der Waals surface area contributed by atoms with Crippen molar-refractivity contribution in [1.82, 2.24) is 9.55 Å². The Morgan fingerprint density at radius 2 is 2.24 bits per heavy atom. The third kappa shape index (κ3) is 3.54. The van der Waals surface area contributed by atoms with Gasteiger partial charge >= 0.3 is 0 Å². The Hall–Kier alpha value is -0.870. The summed E-state index contributed by atoms with van der Waals surface area (Å²) in [6.45, 7) is 3.61. The Balaban J connectivity index is 1.75. The molecule has 0 saturated heterocycles. The van der Waals surface area contributed by atoms with Crippen molar-refractivity contribution in [2.45, 2.75) is 57.7 Å². The lowest BCUT2D eigenvalue weighted by molar-refractivity contribution is 0.0265. The molecule has 4 nitrogen and oxygen atoms in total. The molecule has 0 bridgehead atoms. The third-order valence-corrected chi connectivity index (χ3v) is 3.59. The molecule has 0 radical (unpaired) electrons. The zero-order valence-electron chi connectivity index (χ0n) is 10.6. The first-order chi connectivity index (χ1) is 8.27. The quantitative estimate of drug-likeness (QED) is 0.813. The van der Waals surface area contributed by atoms with Crippen LogP contribution in [0.3, 0.4) is 0 Å². The van der Waals surface area contributed by atoms with Crippen molar-refractivity contribution < 1.29 is 4.74 Å². The molecule has 96 valence electrons. The standard InChI is InChI=1S/C13H23N3O/c1-11-15-7-8-16(11)9-10-17-13-6-4-2-3-5-12(13)14/h7-8,12-13H,2-6,9-10,14H2,1H3. The SMILES string of the molecule is Cc1nccn1CCOC1CCCCCC1N. The molecule has 1 aromatic heterocycles. The number of ether oxygens (including phenoxy) is 1. The van der Waals surface area contributed by atoms with E-state index in [1.807, 2.05) is 19.3 Å². The molecule has 0 aromatic carbocycles. The average Bonchev–Trinajstić information content (AvgIpc) is 2.60. The molecule has 2 rings (SSSR count). The highest BCUT2D eigenvalue weighted by Crippen LogP contribution is 2.19. The maximum Gasteiger partial charge on any atom is 0.105 e. The summed E-state index contributed by atoms with van der Waals surface area (Å²) in [7, 11) is 0. The predicted molar refractivity (Wildman–Crippen MR) is 67.8 cm³/mol. The van der Waals surface area contributed by atoms with Gasteiger partial charge in [0.25, 0.3) is 0 Å². The zero-order valence-corrected chi connectivity index (χ0v) is 10.6. The number of hydrogen-bond acceptors (Lipinski definition) is 3. The van der Waals surface area contributed by atoms with Gasteiger partial charge in [0.15, 0.2) is 0 Å². The Kier molecular flexibility index (Phi) is 4.57. The molecule has 1 saturated carbocycles. The lowest BCUT2D eigenvalue weighted by Gasteiger charge is -2.22. The molecule has 1 aromatic rings. The van der Waals surface area contributed by atoms with Gasteiger partial charge in [0, 0.05) is 25.0 Å². The first-order valence-electron chi connectivity index (χ1n) is 6.62. The van der Waals surface area contributed by atoms with E-state index in [4.69, 9.17) is 10.5 Å². The van der Waals surface area contributed by atoms with Crippen LogP contribution in [0, 0.1) is 6.92 Å². The van der Waals surface area contributed by atoms with Crippen LogP contribution in [0.15, 0.2) is 12.4 Å². The Morgan fingerprint density at radius 3 is 3.00 bits per heavy atom. The summed E-state index contributed by atoms with van der Waals surface area (Å²) < 4.78 is 8.04. The molecule has 2 atom stereocenters. The van der Waals surface area contributed by atoms with Gasteiger partial charge < -0.3 is 15.0 Å². The minimum absolute atomic E-state index is 0.224. The van der Waals surface area contributed by atoms with Crippen molar-refractivity contribution >= 4 is 0 Å². The van der Waals surface area contributed by atoms with Gasteiger partial charge in [-0.05, 0) is 19.8 Å². The van der Waals surface area contributed by atoms with Gasteiger partial charge in [0.2, 0.25) is 0 Å². The number of rotatable bonds is 4. The van der Waals surface area contributed by atoms with E-state index in [0.29, 0.717) is 0 Å². The van der Waals surface area contributed by atoms with Crippen molar-refractivity contribution in [3.63, 3.8) is 0 Å². The summed E-state index contributed by atoms with van der Waals surface area (Å²) in [5, 5.41) is 0. The van der Waals surface area contributed by atoms with Gasteiger partial charge in [0.1, 0.15) is 5.82 Å². The van der Waals surface area contributed by atoms with E-state index in [1.54, 1.807) is 0 Å². The van der Waals surface area contributed by atoms with Crippen LogP contribution in [-0.4, -0.2) is 28.3 Å². The van der Waals surface area contributed by atoms with E-state index >= 15 is 0 Å². The largest absolute Gasteiger partial charge is 0.375 e. The fourth-order valence-electron chi connectivity index (χ4n) is 2.45. The first-order valence-corrected chi connectivity index (χ1v) is 6.62. The average molecular weight is 237 g/mol. The highest BCUT2D eigenvalue weighted by atomic mass is 16.5. The number of hydrogen-bond donors (Lipinski definition) is 1. The molecular weight excluding hydrogens is 214 g/mol. The molecule has 4 heteroatoms. The van der Waals surface area contributed by atoms with Crippen LogP contribution in [-0.2, 0) is 11.3 Å². The lowest BCUT2D eigenvalue weighted by Crippen LogP contribution is -2.36. The summed E-state index contributed by atoms with van der Waals surface area (Å²) in [6.07, 6.45) is 10.1. The number of nitrogens with zero attached hydrogens (tertiary/aromatic N) is 2. The predicted octanol–water partition coefficient (Wildman–Crippen LogP) is 1.87. The van der Waals surface area contributed by atoms with Crippen LogP contribution >= 0.6 is 0 Å². The zero-order chi connectivity index (χ0) is 12.1. The van der Waals surface area contributed by atoms with E-state index in [1.165, 1.54) is 19.3 Å². The minimum atomic E-state index is 0.224. The van der Waals surface area contributed by atoms with E-state index < -0.39 is 0 Å². The molecular formula is C13H23N3O. The van der Waals surface area contributed by atoms with Gasteiger partial charge in [-0.3, -0.25) is 0 Å². The molecule has 1 aliphatic rings. The van der Waals surface area contributed by atoms with Crippen LogP contribution in [0.5, 0.6) is 0 Å². The van der Waals surface area contributed by atoms with Crippen molar-refractivity contribution in [1.29, 1.82) is 0 Å². The molecule has 2 unspecified atom stereocenters. The van der Waals surface area contributed by atoms with E-state index in [-0.39, 0.29) is 12.1 Å². The summed E-state index contributed by atoms with van der Waals surface area (Å²) in [4.78, 5) is 4.19. The van der Waals surface area contributed by atoms with Crippen LogP contribution in [0.4, 0.5) is 0 Å². The minimum Gasteiger partial charge on any atom is -0.375 e. The number of aryl methyl sites for hydroxylation is 1. The summed E-state index contributed by atoms with van der Waals surface area (Å²) >= 11 is 0. The van der Waals surface area contributed by atoms with Gasteiger partial charge in [-0.15, -0.1) is 0 Å². The molecule has 1 heterocycles. The Labute approximate surface area is 103 Å². The highest BCUT2D eigenvalue weighted by molar-refractivity contribution is 4.88. The second kappa shape index (κ2) is 6.17. The summed E-state index contributed by atoms with van der Waals surface area (Å²) in [5.74, 6) is 1.04. The van der Waals surface area contributed by atoms with Gasteiger partial charge in [-0.1, -0.05) is 19.3 Å². The van der Waals surface area contributed by atoms with Gasteiger partial charge in [-0.25, -0.2) is 4.98 Å². The molecule has 17 heavy (non-hydrogen) atoms. The smallest absolute Gasteiger partial charge is 0.105 e. The summed E-state index contributed by atoms with van der Waals surface area (Å²) in [5.41, 5.74) is 6.12. The normalized spacial score (nSPS) is 25.8. The lowest BCUT2D eigenvalue weighted by atomic mass is 10.1. The molecule has 0 spiro atoms. The topological polar surface area (TPSA) is 53.1 Å². The molecule has 0 amide bonds. The fourth-order valence-corrected chi connectivity index (χ4v) is 2.45.